The van der Waals surface area contributed by atoms with E-state index < -0.39 is 34.4 Å². The lowest BCUT2D eigenvalue weighted by atomic mass is 9.80. The van der Waals surface area contributed by atoms with Gasteiger partial charge in [0, 0.05) is 71.3 Å². The van der Waals surface area contributed by atoms with E-state index in [1.54, 1.807) is 42.5 Å². The van der Waals surface area contributed by atoms with Crippen LogP contribution in [0.3, 0.4) is 0 Å². The van der Waals surface area contributed by atoms with E-state index in [9.17, 15) is 18.6 Å². The zero-order valence-electron chi connectivity index (χ0n) is 27.9. The summed E-state index contributed by atoms with van der Waals surface area (Å²) in [6.07, 6.45) is 4.64. The first-order valence-electron chi connectivity index (χ1n) is 16.5. The number of hydrogen-bond donors (Lipinski definition) is 0. The third-order valence-corrected chi connectivity index (χ3v) is 11.9. The molecule has 1 aliphatic carbocycles. The molecule has 11 nitrogen and oxygen atoms in total. The van der Waals surface area contributed by atoms with Crippen LogP contribution in [0, 0.1) is 0 Å². The highest BCUT2D eigenvalue weighted by molar-refractivity contribution is 7.85. The van der Waals surface area contributed by atoms with E-state index in [1.165, 1.54) is 19.1 Å². The van der Waals surface area contributed by atoms with Crippen molar-refractivity contribution >= 4 is 51.9 Å². The van der Waals surface area contributed by atoms with Crippen LogP contribution in [-0.4, -0.2) is 108 Å². The third kappa shape index (κ3) is 7.16. The van der Waals surface area contributed by atoms with Crippen molar-refractivity contribution in [1.29, 1.82) is 0 Å². The lowest BCUT2D eigenvalue weighted by molar-refractivity contribution is -0.184. The largest absolute Gasteiger partial charge is 0.466 e. The smallest absolute Gasteiger partial charge is 0.338 e. The highest BCUT2D eigenvalue weighted by atomic mass is 35.5. The van der Waals surface area contributed by atoms with Crippen molar-refractivity contribution in [3.8, 4) is 0 Å². The Bertz CT molecular complexity index is 1720. The SMILES string of the molecule is COC(=O)C1=C(CS(=O)c2ccccc2)N(C=C=O)C(N2CCN(C3CCC4(CC3)OCCO4)CC2)=C(C(=O)OC)C1c1c(Cl)cccc1Cl. The number of carbonyl (C=O) groups excluding carboxylic acids is 3. The molecule has 0 aromatic heterocycles. The molecule has 1 spiro atoms. The highest BCUT2D eigenvalue weighted by Gasteiger charge is 2.47. The topological polar surface area (TPSA) is 115 Å². The number of esters is 2. The van der Waals surface area contributed by atoms with E-state index in [-0.39, 0.29) is 38.2 Å². The summed E-state index contributed by atoms with van der Waals surface area (Å²) < 4.78 is 36.5. The second-order valence-electron chi connectivity index (χ2n) is 12.4. The molecule has 2 aromatic rings. The van der Waals surface area contributed by atoms with Crippen LogP contribution in [0.5, 0.6) is 0 Å². The standard InChI is InChI=1S/C36H39Cl2N3O8S/c1-46-34(43)30-28(23-50(45)25-7-4-3-5-8-25)41(19-20-42)33(32(35(44)47-2)31(30)29-26(37)9-6-10-27(29)38)40-17-15-39(16-18-40)24-11-13-36(14-12-24)48-21-22-49-36/h3-10,19,24,31H,11-18,21-23H2,1-2H3. The first kappa shape index (κ1) is 36.3. The van der Waals surface area contributed by atoms with Gasteiger partial charge in [0.15, 0.2) is 5.79 Å². The number of carbonyl (C=O) groups is 2. The second kappa shape index (κ2) is 15.8. The van der Waals surface area contributed by atoms with Crippen LogP contribution in [0.2, 0.25) is 10.0 Å². The summed E-state index contributed by atoms with van der Waals surface area (Å²) in [5, 5.41) is 0.394. The lowest BCUT2D eigenvalue weighted by Gasteiger charge is -2.47. The van der Waals surface area contributed by atoms with Crippen LogP contribution in [0.15, 0.2) is 82.3 Å². The first-order valence-corrected chi connectivity index (χ1v) is 18.6. The fourth-order valence-electron chi connectivity index (χ4n) is 7.50. The Labute approximate surface area is 303 Å². The number of nitrogens with zero attached hydrogens (tertiary/aromatic N) is 3. The van der Waals surface area contributed by atoms with Crippen molar-refractivity contribution in [3.05, 3.63) is 93.0 Å². The molecule has 2 saturated heterocycles. The first-order chi connectivity index (χ1) is 24.2. The van der Waals surface area contributed by atoms with Gasteiger partial charge in [-0.05, 0) is 37.1 Å². The van der Waals surface area contributed by atoms with Crippen molar-refractivity contribution in [3.63, 3.8) is 0 Å². The number of benzene rings is 2. The predicted octanol–water partition coefficient (Wildman–Crippen LogP) is 4.66. The minimum atomic E-state index is -1.69. The number of methoxy groups -OCH3 is 2. The summed E-state index contributed by atoms with van der Waals surface area (Å²) in [6.45, 7) is 3.51. The summed E-state index contributed by atoms with van der Waals surface area (Å²) >= 11 is 13.6. The molecule has 3 heterocycles. The minimum absolute atomic E-state index is 0.0345. The van der Waals surface area contributed by atoms with Crippen LogP contribution < -0.4 is 0 Å². The van der Waals surface area contributed by atoms with Gasteiger partial charge in [-0.3, -0.25) is 14.0 Å². The maximum absolute atomic E-state index is 14.0. The molecule has 2 unspecified atom stereocenters. The molecule has 3 fully saturated rings. The molecule has 4 aliphatic rings. The van der Waals surface area contributed by atoms with E-state index in [1.807, 2.05) is 16.9 Å². The molecule has 1 saturated carbocycles. The molecule has 266 valence electrons. The van der Waals surface area contributed by atoms with Gasteiger partial charge < -0.3 is 23.8 Å². The highest BCUT2D eigenvalue weighted by Crippen LogP contribution is 2.48. The minimum Gasteiger partial charge on any atom is -0.466 e. The Kier molecular flexibility index (Phi) is 11.5. The quantitative estimate of drug-likeness (QED) is 0.264. The molecule has 50 heavy (non-hydrogen) atoms. The molecule has 0 amide bonds. The van der Waals surface area contributed by atoms with Crippen molar-refractivity contribution in [2.75, 3.05) is 59.4 Å². The van der Waals surface area contributed by atoms with Gasteiger partial charge in [0.2, 0.25) is 0 Å². The summed E-state index contributed by atoms with van der Waals surface area (Å²) in [6, 6.07) is 14.0. The number of piperazine rings is 1. The Morgan fingerprint density at radius 2 is 1.52 bits per heavy atom. The third-order valence-electron chi connectivity index (χ3n) is 9.86. The Balaban J connectivity index is 1.45. The molecular formula is C36H39Cl2N3O8S. The fraction of sp³-hybridized carbons (Fsp3) is 0.444. The molecule has 14 heteroatoms. The molecule has 0 N–H and O–H groups in total. The Morgan fingerprint density at radius 1 is 0.920 bits per heavy atom. The van der Waals surface area contributed by atoms with Crippen molar-refractivity contribution in [1.82, 2.24) is 14.7 Å². The molecule has 2 atom stereocenters. The van der Waals surface area contributed by atoms with Crippen molar-refractivity contribution in [2.24, 2.45) is 0 Å². The van der Waals surface area contributed by atoms with E-state index in [0.717, 1.165) is 31.9 Å². The van der Waals surface area contributed by atoms with Gasteiger partial charge in [-0.15, -0.1) is 0 Å². The molecule has 0 radical (unpaired) electrons. The Hall–Kier alpha value is -3.48. The van der Waals surface area contributed by atoms with Gasteiger partial charge in [-0.25, -0.2) is 14.4 Å². The maximum atomic E-state index is 14.0. The van der Waals surface area contributed by atoms with Gasteiger partial charge in [-0.1, -0.05) is 47.5 Å². The van der Waals surface area contributed by atoms with Gasteiger partial charge >= 0.3 is 11.9 Å². The number of hydrogen-bond acceptors (Lipinski definition) is 11. The van der Waals surface area contributed by atoms with E-state index >= 15 is 0 Å². The number of rotatable bonds is 9. The van der Waals surface area contributed by atoms with Crippen LogP contribution in [0.25, 0.3) is 0 Å². The zero-order valence-corrected chi connectivity index (χ0v) is 30.2. The van der Waals surface area contributed by atoms with Gasteiger partial charge in [-0.2, -0.15) is 0 Å². The molecule has 6 rings (SSSR count). The average Bonchev–Trinajstić information content (AvgIpc) is 3.60. The van der Waals surface area contributed by atoms with Crippen LogP contribution in [-0.2, 0) is 44.1 Å². The molecule has 3 aliphatic heterocycles. The van der Waals surface area contributed by atoms with Crippen LogP contribution in [0.1, 0.15) is 37.2 Å². The van der Waals surface area contributed by atoms with Crippen molar-refractivity contribution < 1.29 is 37.5 Å². The maximum Gasteiger partial charge on any atom is 0.338 e. The van der Waals surface area contributed by atoms with Crippen molar-refractivity contribution in [2.45, 2.75) is 48.3 Å². The molecular weight excluding hydrogens is 705 g/mol. The lowest BCUT2D eigenvalue weighted by Crippen LogP contribution is -2.54. The van der Waals surface area contributed by atoms with Gasteiger partial charge in [0.05, 0.1) is 67.2 Å². The van der Waals surface area contributed by atoms with Crippen LogP contribution >= 0.6 is 23.2 Å². The monoisotopic (exact) mass is 743 g/mol. The zero-order chi connectivity index (χ0) is 35.4. The summed E-state index contributed by atoms with van der Waals surface area (Å²) in [5.74, 6) is -1.31. The summed E-state index contributed by atoms with van der Waals surface area (Å²) in [4.78, 5) is 46.5. The summed E-state index contributed by atoms with van der Waals surface area (Å²) in [5.41, 5.74) is 0.446. The van der Waals surface area contributed by atoms with Gasteiger partial charge in [0.25, 0.3) is 0 Å². The second-order valence-corrected chi connectivity index (χ2v) is 14.7. The van der Waals surface area contributed by atoms with E-state index in [4.69, 9.17) is 42.1 Å². The van der Waals surface area contributed by atoms with Gasteiger partial charge in [0.1, 0.15) is 11.8 Å². The summed E-state index contributed by atoms with van der Waals surface area (Å²) in [7, 11) is 0.758. The van der Waals surface area contributed by atoms with Crippen LogP contribution in [0.4, 0.5) is 0 Å². The van der Waals surface area contributed by atoms with E-state index in [2.05, 4.69) is 4.90 Å². The fourth-order valence-corrected chi connectivity index (χ4v) is 9.29. The number of ether oxygens (including phenoxy) is 4. The molecule has 2 aromatic carbocycles. The Morgan fingerprint density at radius 3 is 2.10 bits per heavy atom. The predicted molar refractivity (Wildman–Crippen MR) is 187 cm³/mol. The average molecular weight is 745 g/mol. The normalized spacial score (nSPS) is 22.0. The van der Waals surface area contributed by atoms with E-state index in [0.29, 0.717) is 56.2 Å². The number of halogens is 2. The molecule has 0 bridgehead atoms.